The monoisotopic (exact) mass is 300 g/mol. The fourth-order valence-corrected chi connectivity index (χ4v) is 3.06. The third-order valence-corrected chi connectivity index (χ3v) is 4.12. The van der Waals surface area contributed by atoms with Crippen LogP contribution in [-0.2, 0) is 16.1 Å². The zero-order valence-electron chi connectivity index (χ0n) is 11.3. The number of hydrogen-bond donors (Lipinski definition) is 0. The summed E-state index contributed by atoms with van der Waals surface area (Å²) in [5.74, 6) is -0.474. The van der Waals surface area contributed by atoms with E-state index in [0.717, 1.165) is 11.1 Å². The van der Waals surface area contributed by atoms with E-state index in [2.05, 4.69) is 9.72 Å². The van der Waals surface area contributed by atoms with Crippen LogP contribution in [0.5, 0.6) is 0 Å². The van der Waals surface area contributed by atoms with Crippen molar-refractivity contribution in [1.29, 1.82) is 0 Å². The summed E-state index contributed by atoms with van der Waals surface area (Å²) in [5.41, 5.74) is 2.38. The van der Waals surface area contributed by atoms with Crippen LogP contribution in [0.25, 0.3) is 21.3 Å². The van der Waals surface area contributed by atoms with Crippen LogP contribution in [0.2, 0.25) is 0 Å². The highest BCUT2D eigenvalue weighted by Gasteiger charge is 2.13. The van der Waals surface area contributed by atoms with E-state index in [1.807, 2.05) is 35.7 Å². The molecule has 0 saturated carbocycles. The minimum atomic E-state index is -0.474. The zero-order valence-corrected chi connectivity index (χ0v) is 12.1. The second kappa shape index (κ2) is 5.49. The van der Waals surface area contributed by atoms with E-state index >= 15 is 0 Å². The highest BCUT2D eigenvalue weighted by Crippen LogP contribution is 2.30. The van der Waals surface area contributed by atoms with Crippen molar-refractivity contribution in [3.8, 4) is 11.1 Å². The minimum Gasteiger partial charge on any atom is -0.468 e. The number of aromatic nitrogens is 2. The summed E-state index contributed by atoms with van der Waals surface area (Å²) in [5, 5.41) is 1.91. The Morgan fingerprint density at radius 1 is 1.33 bits per heavy atom. The first-order valence-corrected chi connectivity index (χ1v) is 7.17. The summed E-state index contributed by atoms with van der Waals surface area (Å²) >= 11 is 1.34. The Morgan fingerprint density at radius 2 is 2.10 bits per heavy atom. The quantitative estimate of drug-likeness (QED) is 0.696. The van der Waals surface area contributed by atoms with Gasteiger partial charge in [-0.1, -0.05) is 30.3 Å². The first kappa shape index (κ1) is 13.5. The van der Waals surface area contributed by atoms with Gasteiger partial charge in [0.05, 0.1) is 19.0 Å². The van der Waals surface area contributed by atoms with Crippen LogP contribution in [0.1, 0.15) is 0 Å². The third kappa shape index (κ3) is 2.45. The molecule has 0 bridgehead atoms. The zero-order chi connectivity index (χ0) is 14.8. The SMILES string of the molecule is COC(=O)Cn1cnc2c(-c3ccccc3)csc2c1=O. The molecule has 5 nitrogen and oxygen atoms in total. The van der Waals surface area contributed by atoms with Crippen molar-refractivity contribution in [3.63, 3.8) is 0 Å². The Balaban J connectivity index is 2.11. The molecule has 1 aromatic carbocycles. The van der Waals surface area contributed by atoms with Crippen LogP contribution in [-0.4, -0.2) is 22.6 Å². The van der Waals surface area contributed by atoms with Gasteiger partial charge in [0.1, 0.15) is 11.2 Å². The van der Waals surface area contributed by atoms with Crippen LogP contribution >= 0.6 is 11.3 Å². The van der Waals surface area contributed by atoms with Crippen molar-refractivity contribution in [2.75, 3.05) is 7.11 Å². The van der Waals surface area contributed by atoms with Gasteiger partial charge in [0.15, 0.2) is 0 Å². The van der Waals surface area contributed by atoms with Crippen LogP contribution in [0, 0.1) is 0 Å². The van der Waals surface area contributed by atoms with Crippen LogP contribution in [0.15, 0.2) is 46.8 Å². The topological polar surface area (TPSA) is 61.2 Å². The standard InChI is InChI=1S/C15H12N2O3S/c1-20-12(18)7-17-9-16-13-11(8-21-14(13)15(17)19)10-5-3-2-4-6-10/h2-6,8-9H,7H2,1H3. The molecule has 0 aliphatic carbocycles. The average molecular weight is 300 g/mol. The molecule has 2 aromatic heterocycles. The largest absolute Gasteiger partial charge is 0.468 e. The van der Waals surface area contributed by atoms with Gasteiger partial charge in [0, 0.05) is 10.9 Å². The summed E-state index contributed by atoms with van der Waals surface area (Å²) in [4.78, 5) is 28.0. The first-order valence-electron chi connectivity index (χ1n) is 6.29. The van der Waals surface area contributed by atoms with Crippen molar-refractivity contribution in [1.82, 2.24) is 9.55 Å². The molecule has 3 aromatic rings. The molecule has 0 atom stereocenters. The van der Waals surface area contributed by atoms with Gasteiger partial charge < -0.3 is 4.74 Å². The van der Waals surface area contributed by atoms with E-state index in [1.54, 1.807) is 0 Å². The lowest BCUT2D eigenvalue weighted by molar-refractivity contribution is -0.141. The Bertz CT molecular complexity index is 852. The number of benzene rings is 1. The number of nitrogens with zero attached hydrogens (tertiary/aromatic N) is 2. The maximum Gasteiger partial charge on any atom is 0.325 e. The van der Waals surface area contributed by atoms with Gasteiger partial charge >= 0.3 is 5.97 Å². The number of carbonyl (C=O) groups is 1. The second-order valence-electron chi connectivity index (χ2n) is 4.45. The maximum atomic E-state index is 12.4. The fourth-order valence-electron chi connectivity index (χ4n) is 2.08. The lowest BCUT2D eigenvalue weighted by atomic mass is 10.1. The summed E-state index contributed by atoms with van der Waals surface area (Å²) in [6.07, 6.45) is 1.39. The van der Waals surface area contributed by atoms with Gasteiger partial charge in [-0.2, -0.15) is 0 Å². The molecule has 0 amide bonds. The molecule has 0 aliphatic rings. The summed E-state index contributed by atoms with van der Waals surface area (Å²) in [7, 11) is 1.29. The van der Waals surface area contributed by atoms with E-state index in [4.69, 9.17) is 0 Å². The molecule has 0 aliphatic heterocycles. The van der Waals surface area contributed by atoms with Gasteiger partial charge in [-0.15, -0.1) is 11.3 Å². The fraction of sp³-hybridized carbons (Fsp3) is 0.133. The molecule has 0 N–H and O–H groups in total. The molecule has 6 heteroatoms. The number of carbonyl (C=O) groups excluding carboxylic acids is 1. The number of fused-ring (bicyclic) bond motifs is 1. The molecule has 0 saturated heterocycles. The number of rotatable bonds is 3. The average Bonchev–Trinajstić information content (AvgIpc) is 2.95. The predicted molar refractivity (Wildman–Crippen MR) is 81.3 cm³/mol. The lowest BCUT2D eigenvalue weighted by Crippen LogP contribution is -2.24. The molecule has 0 radical (unpaired) electrons. The van der Waals surface area contributed by atoms with Crippen molar-refractivity contribution in [3.05, 3.63) is 52.4 Å². The summed E-state index contributed by atoms with van der Waals surface area (Å²) in [6.45, 7) is -0.128. The Hall–Kier alpha value is -2.47. The van der Waals surface area contributed by atoms with E-state index in [-0.39, 0.29) is 12.1 Å². The van der Waals surface area contributed by atoms with Crippen molar-refractivity contribution in [2.45, 2.75) is 6.54 Å². The predicted octanol–water partition coefficient (Wildman–Crippen LogP) is 2.30. The number of esters is 1. The smallest absolute Gasteiger partial charge is 0.325 e. The third-order valence-electron chi connectivity index (χ3n) is 3.16. The number of thiophene rings is 1. The van der Waals surface area contributed by atoms with E-state index in [0.29, 0.717) is 10.2 Å². The maximum absolute atomic E-state index is 12.4. The molecule has 106 valence electrons. The van der Waals surface area contributed by atoms with Crippen molar-refractivity contribution >= 4 is 27.5 Å². The van der Waals surface area contributed by atoms with Gasteiger partial charge in [-0.3, -0.25) is 14.2 Å². The normalized spacial score (nSPS) is 10.7. The van der Waals surface area contributed by atoms with Crippen molar-refractivity contribution < 1.29 is 9.53 Å². The van der Waals surface area contributed by atoms with Crippen molar-refractivity contribution in [2.24, 2.45) is 0 Å². The number of methoxy groups -OCH3 is 1. The molecular formula is C15H12N2O3S. The first-order chi connectivity index (χ1) is 10.2. The lowest BCUT2D eigenvalue weighted by Gasteiger charge is -2.04. The van der Waals surface area contributed by atoms with Gasteiger partial charge in [0.2, 0.25) is 0 Å². The Kier molecular flexibility index (Phi) is 3.53. The van der Waals surface area contributed by atoms with E-state index < -0.39 is 5.97 Å². The summed E-state index contributed by atoms with van der Waals surface area (Å²) in [6, 6.07) is 9.77. The molecule has 2 heterocycles. The molecular weight excluding hydrogens is 288 g/mol. The Morgan fingerprint density at radius 3 is 2.81 bits per heavy atom. The minimum absolute atomic E-state index is 0.128. The van der Waals surface area contributed by atoms with Crippen LogP contribution < -0.4 is 5.56 Å². The number of hydrogen-bond acceptors (Lipinski definition) is 5. The second-order valence-corrected chi connectivity index (χ2v) is 5.33. The molecule has 0 fully saturated rings. The number of ether oxygens (including phenoxy) is 1. The summed E-state index contributed by atoms with van der Waals surface area (Å²) < 4.78 is 6.38. The highest BCUT2D eigenvalue weighted by molar-refractivity contribution is 7.17. The van der Waals surface area contributed by atoms with Gasteiger partial charge in [-0.05, 0) is 5.56 Å². The molecule has 0 unspecified atom stereocenters. The highest BCUT2D eigenvalue weighted by atomic mass is 32.1. The molecule has 0 spiro atoms. The molecule has 3 rings (SSSR count). The Labute approximate surface area is 124 Å². The van der Waals surface area contributed by atoms with Crippen LogP contribution in [0.3, 0.4) is 0 Å². The molecule has 21 heavy (non-hydrogen) atoms. The van der Waals surface area contributed by atoms with Crippen LogP contribution in [0.4, 0.5) is 0 Å². The van der Waals surface area contributed by atoms with Gasteiger partial charge in [-0.25, -0.2) is 4.98 Å². The van der Waals surface area contributed by atoms with E-state index in [9.17, 15) is 9.59 Å². The van der Waals surface area contributed by atoms with Gasteiger partial charge in [0.25, 0.3) is 5.56 Å². The van der Waals surface area contributed by atoms with E-state index in [1.165, 1.54) is 29.3 Å².